The minimum absolute atomic E-state index is 0.0111. The monoisotopic (exact) mass is 290 g/mol. The first-order chi connectivity index (χ1) is 9.80. The van der Waals surface area contributed by atoms with Crippen LogP contribution in [0.5, 0.6) is 0 Å². The van der Waals surface area contributed by atoms with Gasteiger partial charge in [0.1, 0.15) is 0 Å². The summed E-state index contributed by atoms with van der Waals surface area (Å²) in [6.07, 6.45) is 7.14. The third-order valence-corrected chi connectivity index (χ3v) is 6.95. The van der Waals surface area contributed by atoms with Gasteiger partial charge in [-0.2, -0.15) is 0 Å². The second-order valence-corrected chi connectivity index (χ2v) is 7.70. The lowest BCUT2D eigenvalue weighted by Crippen LogP contribution is -2.57. The Morgan fingerprint density at radius 3 is 2.76 bits per heavy atom. The fourth-order valence-electron chi connectivity index (χ4n) is 6.06. The van der Waals surface area contributed by atoms with Gasteiger partial charge >= 0.3 is 5.97 Å². The molecule has 0 heterocycles. The summed E-state index contributed by atoms with van der Waals surface area (Å²) in [6, 6.07) is 0. The molecule has 3 nitrogen and oxygen atoms in total. The first kappa shape index (κ1) is 14.8. The second-order valence-electron chi connectivity index (χ2n) is 7.70. The van der Waals surface area contributed by atoms with E-state index in [1.807, 2.05) is 6.08 Å². The van der Waals surface area contributed by atoms with Gasteiger partial charge in [0.25, 0.3) is 0 Å². The molecular formula is C18H26O3. The Kier molecular flexibility index (Phi) is 3.13. The highest BCUT2D eigenvalue weighted by molar-refractivity contribution is 6.01. The molecule has 4 atom stereocenters. The first-order valence-electron chi connectivity index (χ1n) is 8.17. The van der Waals surface area contributed by atoms with Crippen molar-refractivity contribution in [3.8, 4) is 0 Å². The maximum Gasteiger partial charge on any atom is 0.302 e. The van der Waals surface area contributed by atoms with Crippen LogP contribution in [0.15, 0.2) is 11.6 Å². The average molecular weight is 290 g/mol. The van der Waals surface area contributed by atoms with Crippen molar-refractivity contribution < 1.29 is 14.3 Å². The summed E-state index contributed by atoms with van der Waals surface area (Å²) in [5.41, 5.74) is 0.716. The molecule has 0 radical (unpaired) electrons. The lowest BCUT2D eigenvalue weighted by molar-refractivity contribution is -0.166. The summed E-state index contributed by atoms with van der Waals surface area (Å²) < 4.78 is 5.40. The topological polar surface area (TPSA) is 43.4 Å². The van der Waals surface area contributed by atoms with Crippen LogP contribution in [0.25, 0.3) is 0 Å². The zero-order valence-corrected chi connectivity index (χ0v) is 13.6. The smallest absolute Gasteiger partial charge is 0.302 e. The Morgan fingerprint density at radius 1 is 1.38 bits per heavy atom. The predicted molar refractivity (Wildman–Crippen MR) is 80.6 cm³/mol. The van der Waals surface area contributed by atoms with E-state index in [1.165, 1.54) is 12.5 Å². The van der Waals surface area contributed by atoms with E-state index < -0.39 is 0 Å². The molecule has 0 spiro atoms. The van der Waals surface area contributed by atoms with Gasteiger partial charge in [-0.15, -0.1) is 0 Å². The van der Waals surface area contributed by atoms with Crippen molar-refractivity contribution in [2.45, 2.75) is 59.8 Å². The summed E-state index contributed by atoms with van der Waals surface area (Å²) >= 11 is 0. The molecule has 2 fully saturated rings. The van der Waals surface area contributed by atoms with E-state index in [0.717, 1.165) is 32.1 Å². The number of rotatable bonds is 2. The molecule has 0 amide bonds. The van der Waals surface area contributed by atoms with E-state index >= 15 is 0 Å². The highest BCUT2D eigenvalue weighted by atomic mass is 16.5. The van der Waals surface area contributed by atoms with E-state index in [-0.39, 0.29) is 22.2 Å². The molecule has 0 aromatic heterocycles. The maximum absolute atomic E-state index is 13.0. The van der Waals surface area contributed by atoms with Crippen LogP contribution in [0.4, 0.5) is 0 Å². The summed E-state index contributed by atoms with van der Waals surface area (Å²) in [4.78, 5) is 24.3. The number of esters is 1. The second kappa shape index (κ2) is 4.44. The van der Waals surface area contributed by atoms with Crippen LogP contribution in [0, 0.1) is 22.2 Å². The highest BCUT2D eigenvalue weighted by Crippen LogP contribution is 2.75. The Bertz CT molecular complexity index is 535. The maximum atomic E-state index is 13.0. The molecule has 0 unspecified atom stereocenters. The summed E-state index contributed by atoms with van der Waals surface area (Å²) in [7, 11) is 0. The minimum atomic E-state index is -0.336. The Morgan fingerprint density at radius 2 is 2.10 bits per heavy atom. The van der Waals surface area contributed by atoms with Crippen molar-refractivity contribution in [2.75, 3.05) is 6.61 Å². The van der Waals surface area contributed by atoms with E-state index in [9.17, 15) is 9.59 Å². The van der Waals surface area contributed by atoms with Crippen molar-refractivity contribution in [2.24, 2.45) is 22.2 Å². The molecule has 2 saturated carbocycles. The summed E-state index contributed by atoms with van der Waals surface area (Å²) in [5.74, 6) is 0.584. The lowest BCUT2D eigenvalue weighted by atomic mass is 9.45. The van der Waals surface area contributed by atoms with Crippen LogP contribution in [0.1, 0.15) is 59.8 Å². The molecule has 0 aromatic carbocycles. The molecule has 3 aliphatic rings. The molecule has 3 heteroatoms. The quantitative estimate of drug-likeness (QED) is 0.729. The standard InChI is InChI=1S/C18H26O3/c1-12-6-9-18-15(20)10-13(2)17(12,18)8-5-7-16(18,4)11-21-14(3)19/h10,12H,5-9,11H2,1-4H3/t12-,16-,17-,18+/m1/s1. The highest BCUT2D eigenvalue weighted by Gasteiger charge is 2.73. The van der Waals surface area contributed by atoms with E-state index in [2.05, 4.69) is 20.8 Å². The van der Waals surface area contributed by atoms with Gasteiger partial charge in [-0.05, 0) is 44.6 Å². The number of hydrogen-bond acceptors (Lipinski definition) is 3. The van der Waals surface area contributed by atoms with Crippen LogP contribution in [-0.2, 0) is 14.3 Å². The fraction of sp³-hybridized carbons (Fsp3) is 0.778. The molecule has 116 valence electrons. The van der Waals surface area contributed by atoms with E-state index in [0.29, 0.717) is 18.3 Å². The first-order valence-corrected chi connectivity index (χ1v) is 8.17. The number of allylic oxidation sites excluding steroid dienone is 2. The molecule has 0 bridgehead atoms. The van der Waals surface area contributed by atoms with Gasteiger partial charge in [-0.3, -0.25) is 9.59 Å². The Labute approximate surface area is 127 Å². The number of ketones is 1. The molecule has 3 rings (SSSR count). The third-order valence-electron chi connectivity index (χ3n) is 6.95. The van der Waals surface area contributed by atoms with Gasteiger partial charge in [-0.25, -0.2) is 0 Å². The molecule has 0 saturated heterocycles. The average Bonchev–Trinajstić information content (AvgIpc) is 2.85. The number of carbonyl (C=O) groups is 2. The predicted octanol–water partition coefficient (Wildman–Crippen LogP) is 3.67. The van der Waals surface area contributed by atoms with Crippen LogP contribution in [-0.4, -0.2) is 18.4 Å². The van der Waals surface area contributed by atoms with Crippen molar-refractivity contribution in [1.82, 2.24) is 0 Å². The Hall–Kier alpha value is -1.12. The van der Waals surface area contributed by atoms with Gasteiger partial charge in [-0.1, -0.05) is 25.8 Å². The minimum Gasteiger partial charge on any atom is -0.465 e. The molecular weight excluding hydrogens is 264 g/mol. The Balaban J connectivity index is 2.10. The van der Waals surface area contributed by atoms with Crippen LogP contribution < -0.4 is 0 Å². The van der Waals surface area contributed by atoms with Crippen LogP contribution in [0.2, 0.25) is 0 Å². The van der Waals surface area contributed by atoms with Gasteiger partial charge < -0.3 is 4.74 Å². The molecule has 0 aromatic rings. The van der Waals surface area contributed by atoms with Crippen LogP contribution >= 0.6 is 0 Å². The number of ether oxygens (including phenoxy) is 1. The van der Waals surface area contributed by atoms with Crippen LogP contribution in [0.3, 0.4) is 0 Å². The van der Waals surface area contributed by atoms with Crippen molar-refractivity contribution in [3.05, 3.63) is 11.6 Å². The van der Waals surface area contributed by atoms with Crippen molar-refractivity contribution >= 4 is 11.8 Å². The zero-order chi connectivity index (χ0) is 15.5. The van der Waals surface area contributed by atoms with Gasteiger partial charge in [0, 0.05) is 17.8 Å². The summed E-state index contributed by atoms with van der Waals surface area (Å²) in [5, 5.41) is 0. The molecule has 0 N–H and O–H groups in total. The number of carbonyl (C=O) groups excluding carboxylic acids is 2. The fourth-order valence-corrected chi connectivity index (χ4v) is 6.06. The normalized spacial score (nSPS) is 45.0. The third kappa shape index (κ3) is 1.55. The van der Waals surface area contributed by atoms with Gasteiger partial charge in [0.05, 0.1) is 12.0 Å². The van der Waals surface area contributed by atoms with Gasteiger partial charge in [0.2, 0.25) is 0 Å². The molecule has 21 heavy (non-hydrogen) atoms. The molecule has 0 aliphatic heterocycles. The molecule has 3 aliphatic carbocycles. The zero-order valence-electron chi connectivity index (χ0n) is 13.6. The largest absolute Gasteiger partial charge is 0.465 e. The lowest BCUT2D eigenvalue weighted by Gasteiger charge is -2.57. The summed E-state index contributed by atoms with van der Waals surface area (Å²) in [6.45, 7) is 8.44. The van der Waals surface area contributed by atoms with Crippen molar-refractivity contribution in [1.29, 1.82) is 0 Å². The van der Waals surface area contributed by atoms with Crippen molar-refractivity contribution in [3.63, 3.8) is 0 Å². The SMILES string of the molecule is CC(=O)OC[C@@]1(C)CCC[C@@]23C(C)=CC(=O)[C@@]12CC[C@H]3C. The van der Waals surface area contributed by atoms with Gasteiger partial charge in [0.15, 0.2) is 5.78 Å². The van der Waals surface area contributed by atoms with E-state index in [1.54, 1.807) is 0 Å². The number of hydrogen-bond donors (Lipinski definition) is 0. The van der Waals surface area contributed by atoms with E-state index in [4.69, 9.17) is 4.74 Å².